The van der Waals surface area contributed by atoms with E-state index in [1.54, 1.807) is 16.7 Å². The summed E-state index contributed by atoms with van der Waals surface area (Å²) < 4.78 is 0. The van der Waals surface area contributed by atoms with Gasteiger partial charge >= 0.3 is 5.97 Å². The number of thioether (sulfide) groups is 1. The molecule has 2 heterocycles. The summed E-state index contributed by atoms with van der Waals surface area (Å²) in [5.74, 6) is -0.403. The van der Waals surface area contributed by atoms with Crippen molar-refractivity contribution in [2.45, 2.75) is 62.8 Å². The minimum absolute atomic E-state index is 0.0308. The second-order valence-electron chi connectivity index (χ2n) is 7.13. The number of carboxylic acids is 1. The molecule has 0 spiro atoms. The third-order valence-electron chi connectivity index (χ3n) is 5.61. The van der Waals surface area contributed by atoms with Crippen molar-refractivity contribution in [2.24, 2.45) is 5.41 Å². The number of carbonyl (C=O) groups excluding carboxylic acids is 2. The highest BCUT2D eigenvalue weighted by Crippen LogP contribution is 2.47. The Labute approximate surface area is 140 Å². The van der Waals surface area contributed by atoms with Crippen molar-refractivity contribution in [1.29, 1.82) is 0 Å². The van der Waals surface area contributed by atoms with Gasteiger partial charge in [0.05, 0.1) is 10.3 Å². The van der Waals surface area contributed by atoms with Crippen LogP contribution in [0.3, 0.4) is 0 Å². The Balaban J connectivity index is 1.65. The van der Waals surface area contributed by atoms with E-state index in [2.05, 4.69) is 5.32 Å². The van der Waals surface area contributed by atoms with Gasteiger partial charge in [-0.2, -0.15) is 0 Å². The number of carboxylic acid groups (broad SMARTS) is 1. The van der Waals surface area contributed by atoms with Crippen LogP contribution in [0.5, 0.6) is 0 Å². The first-order valence-corrected chi connectivity index (χ1v) is 9.34. The highest BCUT2D eigenvalue weighted by atomic mass is 32.2. The summed E-state index contributed by atoms with van der Waals surface area (Å²) >= 11 is 1.65. The molecule has 2 atom stereocenters. The number of hydrogen-bond donors (Lipinski definition) is 2. The fraction of sp³-hybridized carbons (Fsp3) is 0.812. The zero-order valence-electron chi connectivity index (χ0n) is 13.5. The lowest BCUT2D eigenvalue weighted by Gasteiger charge is -2.34. The molecule has 1 aliphatic carbocycles. The topological polar surface area (TPSA) is 86.7 Å². The highest BCUT2D eigenvalue weighted by Gasteiger charge is 2.53. The lowest BCUT2D eigenvalue weighted by molar-refractivity contribution is -0.151. The molecule has 2 saturated heterocycles. The van der Waals surface area contributed by atoms with Gasteiger partial charge in [0.2, 0.25) is 11.8 Å². The molecule has 0 aromatic heterocycles. The maximum atomic E-state index is 12.6. The number of nitrogens with zero attached hydrogens (tertiary/aromatic N) is 1. The van der Waals surface area contributed by atoms with Gasteiger partial charge in [0.1, 0.15) is 6.04 Å². The number of nitrogens with one attached hydrogen (secondary N) is 1. The minimum Gasteiger partial charge on any atom is -0.481 e. The van der Waals surface area contributed by atoms with Gasteiger partial charge in [-0.3, -0.25) is 14.4 Å². The van der Waals surface area contributed by atoms with Crippen molar-refractivity contribution in [3.63, 3.8) is 0 Å². The van der Waals surface area contributed by atoms with Gasteiger partial charge in [0, 0.05) is 18.7 Å². The average Bonchev–Trinajstić information content (AvgIpc) is 3.02. The molecule has 3 aliphatic rings. The van der Waals surface area contributed by atoms with E-state index in [0.29, 0.717) is 25.0 Å². The molecule has 2 amide bonds. The molecular formula is C16H24N2O4S. The van der Waals surface area contributed by atoms with Crippen molar-refractivity contribution in [3.05, 3.63) is 0 Å². The summed E-state index contributed by atoms with van der Waals surface area (Å²) in [7, 11) is 0. The number of hydrogen-bond acceptors (Lipinski definition) is 4. The molecule has 2 N–H and O–H groups in total. The van der Waals surface area contributed by atoms with Crippen LogP contribution in [-0.4, -0.2) is 51.0 Å². The Hall–Kier alpha value is -1.24. The number of rotatable bonds is 4. The smallest absolute Gasteiger partial charge is 0.311 e. The van der Waals surface area contributed by atoms with Crippen LogP contribution in [-0.2, 0) is 14.4 Å². The summed E-state index contributed by atoms with van der Waals surface area (Å²) in [5.41, 5.74) is -0.835. The molecule has 0 aromatic rings. The quantitative estimate of drug-likeness (QED) is 0.812. The lowest BCUT2D eigenvalue weighted by Crippen LogP contribution is -2.53. The molecule has 0 radical (unpaired) electrons. The van der Waals surface area contributed by atoms with E-state index < -0.39 is 17.4 Å². The molecule has 0 bridgehead atoms. The Morgan fingerprint density at radius 2 is 2.00 bits per heavy atom. The van der Waals surface area contributed by atoms with E-state index >= 15 is 0 Å². The molecule has 23 heavy (non-hydrogen) atoms. The van der Waals surface area contributed by atoms with Crippen molar-refractivity contribution >= 4 is 29.5 Å². The molecule has 3 rings (SSSR count). The molecule has 3 fully saturated rings. The van der Waals surface area contributed by atoms with Crippen molar-refractivity contribution < 1.29 is 19.5 Å². The van der Waals surface area contributed by atoms with E-state index in [4.69, 9.17) is 0 Å². The standard InChI is InChI=1S/C16H24N2O4S/c1-15-8-5-12(19)18(15)11(9-23-15)13(20)17-10-16(14(21)22)6-3-2-4-7-16/h11H,2-10H2,1H3,(H,17,20)(H,21,22). The Kier molecular flexibility index (Phi) is 4.33. The van der Waals surface area contributed by atoms with Gasteiger partial charge in [0.25, 0.3) is 0 Å². The molecule has 0 aromatic carbocycles. The zero-order valence-corrected chi connectivity index (χ0v) is 14.3. The lowest BCUT2D eigenvalue weighted by atomic mass is 9.74. The summed E-state index contributed by atoms with van der Waals surface area (Å²) in [4.78, 5) is 37.8. The van der Waals surface area contributed by atoms with Crippen LogP contribution in [0, 0.1) is 5.41 Å². The summed E-state index contributed by atoms with van der Waals surface area (Å²) in [5, 5.41) is 12.4. The normalized spacial score (nSPS) is 32.7. The summed E-state index contributed by atoms with van der Waals surface area (Å²) in [6.45, 7) is 2.18. The van der Waals surface area contributed by atoms with E-state index in [1.807, 2.05) is 6.92 Å². The van der Waals surface area contributed by atoms with Gasteiger partial charge in [-0.05, 0) is 26.2 Å². The van der Waals surface area contributed by atoms with Gasteiger partial charge in [0.15, 0.2) is 0 Å². The minimum atomic E-state index is -0.835. The van der Waals surface area contributed by atoms with Crippen LogP contribution in [0.15, 0.2) is 0 Å². The van der Waals surface area contributed by atoms with E-state index in [9.17, 15) is 19.5 Å². The molecule has 1 saturated carbocycles. The summed E-state index contributed by atoms with van der Waals surface area (Å²) in [6.07, 6.45) is 5.34. The van der Waals surface area contributed by atoms with Crippen LogP contribution in [0.1, 0.15) is 51.9 Å². The average molecular weight is 340 g/mol. The van der Waals surface area contributed by atoms with Gasteiger partial charge < -0.3 is 15.3 Å². The van der Waals surface area contributed by atoms with Crippen molar-refractivity contribution in [2.75, 3.05) is 12.3 Å². The van der Waals surface area contributed by atoms with Gasteiger partial charge in [-0.25, -0.2) is 0 Å². The maximum absolute atomic E-state index is 12.6. The monoisotopic (exact) mass is 340 g/mol. The fourth-order valence-corrected chi connectivity index (χ4v) is 5.52. The first kappa shape index (κ1) is 16.6. The SMILES string of the molecule is CC12CCC(=O)N1C(C(=O)NCC1(C(=O)O)CCCCC1)CS2. The predicted molar refractivity (Wildman–Crippen MR) is 86.9 cm³/mol. The molecule has 7 heteroatoms. The number of fused-ring (bicyclic) bond motifs is 1. The fourth-order valence-electron chi connectivity index (χ4n) is 4.08. The van der Waals surface area contributed by atoms with Gasteiger partial charge in [-0.1, -0.05) is 19.3 Å². The number of carbonyl (C=O) groups is 3. The van der Waals surface area contributed by atoms with Gasteiger partial charge in [-0.15, -0.1) is 11.8 Å². The Morgan fingerprint density at radius 3 is 2.65 bits per heavy atom. The molecule has 2 aliphatic heterocycles. The predicted octanol–water partition coefficient (Wildman–Crippen LogP) is 1.59. The second-order valence-corrected chi connectivity index (χ2v) is 8.63. The molecule has 6 nitrogen and oxygen atoms in total. The van der Waals surface area contributed by atoms with Crippen LogP contribution in [0.2, 0.25) is 0 Å². The second kappa shape index (κ2) is 6.00. The highest BCUT2D eigenvalue weighted by molar-refractivity contribution is 8.01. The number of aliphatic carboxylic acids is 1. The van der Waals surface area contributed by atoms with E-state index in [1.165, 1.54) is 0 Å². The first-order chi connectivity index (χ1) is 10.9. The Bertz CT molecular complexity index is 532. The zero-order chi connectivity index (χ0) is 16.7. The van der Waals surface area contributed by atoms with Crippen LogP contribution >= 0.6 is 11.8 Å². The third kappa shape index (κ3) is 2.84. The van der Waals surface area contributed by atoms with Crippen LogP contribution in [0.4, 0.5) is 0 Å². The molecular weight excluding hydrogens is 316 g/mol. The molecule has 128 valence electrons. The summed E-state index contributed by atoms with van der Waals surface area (Å²) in [6, 6.07) is -0.463. The third-order valence-corrected chi connectivity index (χ3v) is 7.12. The maximum Gasteiger partial charge on any atom is 0.311 e. The van der Waals surface area contributed by atoms with E-state index in [-0.39, 0.29) is 23.2 Å². The Morgan fingerprint density at radius 1 is 1.30 bits per heavy atom. The largest absolute Gasteiger partial charge is 0.481 e. The van der Waals surface area contributed by atoms with Crippen molar-refractivity contribution in [1.82, 2.24) is 10.2 Å². The number of amides is 2. The van der Waals surface area contributed by atoms with Crippen LogP contribution in [0.25, 0.3) is 0 Å². The molecule has 2 unspecified atom stereocenters. The van der Waals surface area contributed by atoms with E-state index in [0.717, 1.165) is 25.7 Å². The van der Waals surface area contributed by atoms with Crippen molar-refractivity contribution in [3.8, 4) is 0 Å². The van der Waals surface area contributed by atoms with Crippen LogP contribution < -0.4 is 5.32 Å². The first-order valence-electron chi connectivity index (χ1n) is 8.35.